The van der Waals surface area contributed by atoms with Crippen molar-refractivity contribution in [2.75, 3.05) is 31.6 Å². The first-order chi connectivity index (χ1) is 19.0. The number of likely N-dealkylation sites (N-methyl/N-ethyl adjacent to an activating group) is 1. The van der Waals surface area contributed by atoms with E-state index >= 15 is 0 Å². The van der Waals surface area contributed by atoms with Crippen LogP contribution in [0.4, 0.5) is 25.8 Å². The Bertz CT molecular complexity index is 1430. The highest BCUT2D eigenvalue weighted by Gasteiger charge is 2.37. The number of hydrazine groups is 1. The van der Waals surface area contributed by atoms with Crippen molar-refractivity contribution in [3.05, 3.63) is 85.6 Å². The summed E-state index contributed by atoms with van der Waals surface area (Å²) in [5.74, 6) is -2.57. The predicted molar refractivity (Wildman–Crippen MR) is 131 cm³/mol. The summed E-state index contributed by atoms with van der Waals surface area (Å²) in [6, 6.07) is 4.05. The molecular formula is C22H23F2N9O7. The van der Waals surface area contributed by atoms with E-state index in [1.807, 2.05) is 0 Å². The summed E-state index contributed by atoms with van der Waals surface area (Å²) in [5.41, 5.74) is -4.39. The minimum atomic E-state index is -2.16. The second kappa shape index (κ2) is 11.4. The summed E-state index contributed by atoms with van der Waals surface area (Å²) in [6.45, 7) is -0.152. The Hall–Kier alpha value is -5.00. The van der Waals surface area contributed by atoms with Gasteiger partial charge in [0.25, 0.3) is 5.69 Å². The predicted octanol–water partition coefficient (Wildman–Crippen LogP) is 2.66. The van der Waals surface area contributed by atoms with E-state index in [4.69, 9.17) is 4.84 Å². The Kier molecular flexibility index (Phi) is 7.98. The maximum absolute atomic E-state index is 14.8. The van der Waals surface area contributed by atoms with Crippen molar-refractivity contribution in [1.82, 2.24) is 19.8 Å². The Balaban J connectivity index is 1.75. The van der Waals surface area contributed by atoms with Crippen LogP contribution in [0.25, 0.3) is 0 Å². The number of aromatic nitrogens is 3. The van der Waals surface area contributed by atoms with Crippen LogP contribution in [0.2, 0.25) is 0 Å². The van der Waals surface area contributed by atoms with Crippen LogP contribution in [-0.2, 0) is 12.1 Å². The molecule has 1 unspecified atom stereocenters. The monoisotopic (exact) mass is 563 g/mol. The van der Waals surface area contributed by atoms with E-state index in [1.165, 1.54) is 29.4 Å². The fourth-order valence-corrected chi connectivity index (χ4v) is 4.36. The zero-order valence-electron chi connectivity index (χ0n) is 21.0. The lowest BCUT2D eigenvalue weighted by atomic mass is 9.92. The summed E-state index contributed by atoms with van der Waals surface area (Å²) < 4.78 is 29.6. The van der Waals surface area contributed by atoms with Gasteiger partial charge < -0.3 is 15.2 Å². The highest BCUT2D eigenvalue weighted by molar-refractivity contribution is 5.71. The van der Waals surface area contributed by atoms with Crippen LogP contribution in [0.5, 0.6) is 5.75 Å². The Morgan fingerprint density at radius 1 is 1.12 bits per heavy atom. The number of rotatable bonds is 11. The van der Waals surface area contributed by atoms with Gasteiger partial charge in [-0.3, -0.25) is 25.1 Å². The Labute approximate surface area is 224 Å². The molecule has 2 heterocycles. The lowest BCUT2D eigenvalue weighted by molar-refractivity contribution is -0.703. The van der Waals surface area contributed by atoms with Gasteiger partial charge in [0.15, 0.2) is 0 Å². The second-order valence-electron chi connectivity index (χ2n) is 9.01. The number of nitrogens with zero attached hydrogens (tertiary/aromatic N) is 9. The largest absolute Gasteiger partial charge is 0.569 e. The zero-order chi connectivity index (χ0) is 29.0. The standard InChI is InChI=1S/C22H23F2N9O7/c1-28(11-22(34,12-29-14-25-13-26-29)16-5-4-15(23)8-17(16)24)18-10-21(20(32(37)38)9-19(18)31(35)36)40-27-33(39)30-6-2-3-7-30/h4-5,8-10,13-14,34H,2-3,6-7,11-12H2,1H3/b33-27-. The van der Waals surface area contributed by atoms with Gasteiger partial charge in [-0.2, -0.15) is 5.10 Å². The first-order valence-corrected chi connectivity index (χ1v) is 11.8. The molecule has 0 amide bonds. The molecule has 3 aromatic rings. The number of nitro benzene ring substituents is 2. The van der Waals surface area contributed by atoms with Crippen molar-refractivity contribution < 1.29 is 33.5 Å². The summed E-state index contributed by atoms with van der Waals surface area (Å²) in [7, 11) is 1.30. The maximum atomic E-state index is 14.8. The molecule has 4 rings (SSSR count). The van der Waals surface area contributed by atoms with E-state index in [2.05, 4.69) is 15.4 Å². The van der Waals surface area contributed by atoms with Gasteiger partial charge in [0.05, 0.1) is 41.0 Å². The molecule has 1 aliphatic rings. The summed E-state index contributed by atoms with van der Waals surface area (Å²) >= 11 is 0. The molecule has 1 N–H and O–H groups in total. The molecule has 1 fully saturated rings. The van der Waals surface area contributed by atoms with Crippen LogP contribution in [0.3, 0.4) is 0 Å². The molecule has 1 aromatic heterocycles. The van der Waals surface area contributed by atoms with Crippen LogP contribution >= 0.6 is 0 Å². The maximum Gasteiger partial charge on any atom is 0.321 e. The first-order valence-electron chi connectivity index (χ1n) is 11.8. The van der Waals surface area contributed by atoms with E-state index in [0.717, 1.165) is 35.9 Å². The number of anilines is 1. The molecule has 2 aromatic carbocycles. The quantitative estimate of drug-likeness (QED) is 0.156. The first kappa shape index (κ1) is 28.0. The summed E-state index contributed by atoms with van der Waals surface area (Å²) in [5, 5.41) is 55.9. The summed E-state index contributed by atoms with van der Waals surface area (Å²) in [6.07, 6.45) is 3.89. The van der Waals surface area contributed by atoms with Crippen molar-refractivity contribution in [1.29, 1.82) is 0 Å². The molecule has 1 atom stereocenters. The zero-order valence-corrected chi connectivity index (χ0v) is 21.0. The Morgan fingerprint density at radius 3 is 2.42 bits per heavy atom. The fraction of sp³-hybridized carbons (Fsp3) is 0.364. The van der Waals surface area contributed by atoms with Crippen molar-refractivity contribution in [3.8, 4) is 5.75 Å². The number of halogens is 2. The van der Waals surface area contributed by atoms with E-state index < -0.39 is 57.3 Å². The van der Waals surface area contributed by atoms with Gasteiger partial charge in [0, 0.05) is 24.7 Å². The van der Waals surface area contributed by atoms with Gasteiger partial charge in [-0.1, -0.05) is 6.07 Å². The molecule has 40 heavy (non-hydrogen) atoms. The molecule has 0 aliphatic carbocycles. The van der Waals surface area contributed by atoms with Gasteiger partial charge in [0.1, 0.15) is 41.6 Å². The molecule has 212 valence electrons. The number of aliphatic hydroxyl groups is 1. The average Bonchev–Trinajstić information content (AvgIpc) is 3.61. The van der Waals surface area contributed by atoms with E-state index in [1.54, 1.807) is 0 Å². The third kappa shape index (κ3) is 6.01. The fourth-order valence-electron chi connectivity index (χ4n) is 4.36. The van der Waals surface area contributed by atoms with Crippen LogP contribution < -0.4 is 9.74 Å². The van der Waals surface area contributed by atoms with Crippen LogP contribution in [0, 0.1) is 37.1 Å². The Morgan fingerprint density at radius 2 is 1.82 bits per heavy atom. The summed E-state index contributed by atoms with van der Waals surface area (Å²) in [4.78, 5) is 31.8. The van der Waals surface area contributed by atoms with E-state index in [0.29, 0.717) is 25.2 Å². The number of nitro groups is 2. The van der Waals surface area contributed by atoms with Crippen LogP contribution in [0.15, 0.2) is 48.3 Å². The normalized spacial score (nSPS) is 15.1. The van der Waals surface area contributed by atoms with Gasteiger partial charge in [-0.25, -0.2) is 18.4 Å². The SMILES string of the molecule is CN(CC(O)(Cn1cncn1)c1ccc(F)cc1F)c1cc(O/N=[N+](\[O-])N2CCCC2)c([N+](=O)[O-])cc1[N+](=O)[O-]. The average molecular weight is 563 g/mol. The lowest BCUT2D eigenvalue weighted by Crippen LogP contribution is -2.43. The minimum absolute atomic E-state index is 0.135. The highest BCUT2D eigenvalue weighted by Crippen LogP contribution is 2.40. The molecule has 1 saturated heterocycles. The van der Waals surface area contributed by atoms with Crippen molar-refractivity contribution in [2.45, 2.75) is 25.0 Å². The number of hydrogen-bond donors (Lipinski definition) is 1. The molecular weight excluding hydrogens is 540 g/mol. The molecule has 18 heteroatoms. The van der Waals surface area contributed by atoms with Crippen LogP contribution in [-0.4, -0.2) is 66.4 Å². The van der Waals surface area contributed by atoms with Crippen molar-refractivity contribution in [3.63, 3.8) is 0 Å². The van der Waals surface area contributed by atoms with Gasteiger partial charge in [0.2, 0.25) is 11.0 Å². The lowest BCUT2D eigenvalue weighted by Gasteiger charge is -2.34. The highest BCUT2D eigenvalue weighted by atomic mass is 19.1. The molecule has 0 saturated carbocycles. The van der Waals surface area contributed by atoms with Crippen molar-refractivity contribution in [2.24, 2.45) is 5.28 Å². The minimum Gasteiger partial charge on any atom is -0.569 e. The van der Waals surface area contributed by atoms with Crippen molar-refractivity contribution >= 4 is 17.1 Å². The van der Waals surface area contributed by atoms with Gasteiger partial charge in [-0.15, -0.1) is 5.01 Å². The third-order valence-corrected chi connectivity index (χ3v) is 6.22. The smallest absolute Gasteiger partial charge is 0.321 e. The van der Waals surface area contributed by atoms with E-state index in [-0.39, 0.29) is 16.2 Å². The van der Waals surface area contributed by atoms with Gasteiger partial charge >= 0.3 is 5.69 Å². The molecule has 0 bridgehead atoms. The molecule has 0 radical (unpaired) electrons. The molecule has 16 nitrogen and oxygen atoms in total. The number of benzene rings is 2. The second-order valence-corrected chi connectivity index (χ2v) is 9.01. The topological polar surface area (TPSA) is 191 Å². The van der Waals surface area contributed by atoms with Gasteiger partial charge in [-0.05, 0) is 18.9 Å². The third-order valence-electron chi connectivity index (χ3n) is 6.22. The molecule has 1 aliphatic heterocycles. The molecule has 0 spiro atoms. The van der Waals surface area contributed by atoms with Crippen LogP contribution in [0.1, 0.15) is 18.4 Å². The van der Waals surface area contributed by atoms with E-state index in [9.17, 15) is 39.3 Å². The number of hydrogen-bond acceptors (Lipinski definition) is 11.